The van der Waals surface area contributed by atoms with Crippen molar-refractivity contribution in [3.8, 4) is 0 Å². The van der Waals surface area contributed by atoms with Crippen LogP contribution in [0.4, 0.5) is 5.95 Å². The molecule has 0 bridgehead atoms. The maximum absolute atomic E-state index is 10.1. The molecule has 3 rings (SSSR count). The predicted molar refractivity (Wildman–Crippen MR) is 66.9 cm³/mol. The van der Waals surface area contributed by atoms with Gasteiger partial charge in [-0.3, -0.25) is 0 Å². The highest BCUT2D eigenvalue weighted by Gasteiger charge is 2.32. The maximum Gasteiger partial charge on any atom is 0.243 e. The van der Waals surface area contributed by atoms with Crippen molar-refractivity contribution in [2.24, 2.45) is 0 Å². The third kappa shape index (κ3) is 2.27. The van der Waals surface area contributed by atoms with Gasteiger partial charge in [0.2, 0.25) is 5.95 Å². The van der Waals surface area contributed by atoms with E-state index in [-0.39, 0.29) is 0 Å². The van der Waals surface area contributed by atoms with Crippen molar-refractivity contribution < 1.29 is 9.84 Å². The van der Waals surface area contributed by atoms with Crippen molar-refractivity contribution in [2.45, 2.75) is 12.0 Å². The molecule has 0 saturated carbocycles. The lowest BCUT2D eigenvalue weighted by molar-refractivity contribution is 0.0380. The van der Waals surface area contributed by atoms with E-state index in [1.165, 1.54) is 0 Å². The van der Waals surface area contributed by atoms with E-state index in [4.69, 9.17) is 16.3 Å². The first-order valence-corrected chi connectivity index (χ1v) is 6.08. The number of aliphatic hydroxyl groups is 1. The minimum absolute atomic E-state index is 0.346. The molecule has 1 fully saturated rings. The quantitative estimate of drug-likeness (QED) is 0.867. The minimum Gasteiger partial charge on any atom is -0.386 e. The van der Waals surface area contributed by atoms with Crippen LogP contribution in [0.1, 0.15) is 6.42 Å². The fourth-order valence-electron chi connectivity index (χ4n) is 1.91. The number of hydrogen-bond acceptors (Lipinski definition) is 5. The van der Waals surface area contributed by atoms with Crippen LogP contribution in [0.5, 0.6) is 0 Å². The van der Waals surface area contributed by atoms with Crippen LogP contribution in [0.3, 0.4) is 0 Å². The summed E-state index contributed by atoms with van der Waals surface area (Å²) in [4.78, 5) is 4.28. The van der Waals surface area contributed by atoms with Crippen LogP contribution >= 0.6 is 11.6 Å². The number of fused-ring (bicyclic) bond motifs is 1. The number of nitrogens with zero attached hydrogens (tertiary/aromatic N) is 3. The van der Waals surface area contributed by atoms with Gasteiger partial charge in [0.05, 0.1) is 11.6 Å². The Morgan fingerprint density at radius 2 is 2.44 bits per heavy atom. The Bertz CT molecular complexity index is 565. The average Bonchev–Trinajstić information content (AvgIpc) is 2.93. The smallest absolute Gasteiger partial charge is 0.243 e. The minimum atomic E-state index is -0.824. The van der Waals surface area contributed by atoms with Gasteiger partial charge in [0, 0.05) is 25.8 Å². The van der Waals surface area contributed by atoms with Gasteiger partial charge in [-0.2, -0.15) is 4.98 Å². The SMILES string of the molecule is OC1(CNc2nc3ccc(Cl)cn3n2)CCOC1. The molecule has 1 unspecified atom stereocenters. The van der Waals surface area contributed by atoms with Crippen molar-refractivity contribution in [3.05, 3.63) is 23.4 Å². The Balaban J connectivity index is 1.74. The maximum atomic E-state index is 10.1. The summed E-state index contributed by atoms with van der Waals surface area (Å²) in [7, 11) is 0. The first kappa shape index (κ1) is 11.7. The molecule has 0 spiro atoms. The molecule has 1 aliphatic rings. The summed E-state index contributed by atoms with van der Waals surface area (Å²) in [6.45, 7) is 1.31. The van der Waals surface area contributed by atoms with Crippen molar-refractivity contribution in [1.82, 2.24) is 14.6 Å². The fourth-order valence-corrected chi connectivity index (χ4v) is 2.07. The van der Waals surface area contributed by atoms with Crippen LogP contribution in [0.15, 0.2) is 18.3 Å². The molecular weight excluding hydrogens is 256 g/mol. The van der Waals surface area contributed by atoms with Crippen LogP contribution in [0.25, 0.3) is 5.65 Å². The van der Waals surface area contributed by atoms with Crippen LogP contribution in [0.2, 0.25) is 5.02 Å². The van der Waals surface area contributed by atoms with E-state index in [2.05, 4.69) is 15.4 Å². The number of nitrogens with one attached hydrogen (secondary N) is 1. The van der Waals surface area contributed by atoms with Gasteiger partial charge in [0.15, 0.2) is 5.65 Å². The molecule has 0 aliphatic carbocycles. The first-order valence-electron chi connectivity index (χ1n) is 5.71. The number of anilines is 1. The fraction of sp³-hybridized carbons (Fsp3) is 0.455. The van der Waals surface area contributed by atoms with Gasteiger partial charge in [0.1, 0.15) is 5.60 Å². The number of ether oxygens (including phenoxy) is 1. The Labute approximate surface area is 109 Å². The molecule has 7 heteroatoms. The van der Waals surface area contributed by atoms with E-state index < -0.39 is 5.60 Å². The lowest BCUT2D eigenvalue weighted by Crippen LogP contribution is -2.37. The van der Waals surface area contributed by atoms with Gasteiger partial charge in [-0.25, -0.2) is 4.52 Å². The second kappa shape index (κ2) is 4.38. The Hall–Kier alpha value is -1.37. The van der Waals surface area contributed by atoms with Crippen LogP contribution in [-0.2, 0) is 4.74 Å². The molecule has 2 aromatic heterocycles. The number of hydrogen-bond donors (Lipinski definition) is 2. The molecule has 2 N–H and O–H groups in total. The van der Waals surface area contributed by atoms with E-state index in [9.17, 15) is 5.11 Å². The van der Waals surface area contributed by atoms with Crippen LogP contribution < -0.4 is 5.32 Å². The van der Waals surface area contributed by atoms with Crippen molar-refractivity contribution in [2.75, 3.05) is 25.1 Å². The monoisotopic (exact) mass is 268 g/mol. The molecule has 18 heavy (non-hydrogen) atoms. The van der Waals surface area contributed by atoms with Gasteiger partial charge < -0.3 is 15.2 Å². The van der Waals surface area contributed by atoms with Crippen molar-refractivity contribution in [1.29, 1.82) is 0 Å². The zero-order chi connectivity index (χ0) is 12.6. The predicted octanol–water partition coefficient (Wildman–Crippen LogP) is 0.946. The van der Waals surface area contributed by atoms with E-state index in [1.54, 1.807) is 22.8 Å². The Kier molecular flexibility index (Phi) is 2.85. The zero-order valence-corrected chi connectivity index (χ0v) is 10.4. The summed E-state index contributed by atoms with van der Waals surface area (Å²) in [5.74, 6) is 0.470. The summed E-state index contributed by atoms with van der Waals surface area (Å²) in [5, 5.41) is 17.9. The van der Waals surface area contributed by atoms with Crippen molar-refractivity contribution >= 4 is 23.2 Å². The van der Waals surface area contributed by atoms with E-state index in [0.717, 1.165) is 0 Å². The largest absolute Gasteiger partial charge is 0.386 e. The van der Waals surface area contributed by atoms with E-state index >= 15 is 0 Å². The van der Waals surface area contributed by atoms with Gasteiger partial charge in [-0.15, -0.1) is 5.10 Å². The van der Waals surface area contributed by atoms with Gasteiger partial charge in [-0.05, 0) is 12.1 Å². The van der Waals surface area contributed by atoms with E-state index in [0.29, 0.717) is 42.8 Å². The molecule has 0 amide bonds. The zero-order valence-electron chi connectivity index (χ0n) is 9.64. The summed E-state index contributed by atoms with van der Waals surface area (Å²) in [6.07, 6.45) is 2.31. The number of pyridine rings is 1. The first-order chi connectivity index (χ1) is 8.65. The molecule has 0 radical (unpaired) electrons. The lowest BCUT2D eigenvalue weighted by atomic mass is 10.0. The summed E-state index contributed by atoms with van der Waals surface area (Å²) in [6, 6.07) is 3.54. The molecule has 6 nitrogen and oxygen atoms in total. The normalized spacial score (nSPS) is 23.7. The molecule has 96 valence electrons. The highest BCUT2D eigenvalue weighted by Crippen LogP contribution is 2.19. The average molecular weight is 269 g/mol. The number of halogens is 1. The Morgan fingerprint density at radius 3 is 3.22 bits per heavy atom. The standard InChI is InChI=1S/C11H13ClN4O2/c12-8-1-2-9-14-10(15-16(9)5-8)13-6-11(17)3-4-18-7-11/h1-2,5,17H,3-4,6-7H2,(H,13,15). The van der Waals surface area contributed by atoms with Crippen LogP contribution in [-0.4, -0.2) is 45.1 Å². The van der Waals surface area contributed by atoms with Gasteiger partial charge in [0.25, 0.3) is 0 Å². The summed E-state index contributed by atoms with van der Waals surface area (Å²) < 4.78 is 6.77. The van der Waals surface area contributed by atoms with Crippen LogP contribution in [0, 0.1) is 0 Å². The Morgan fingerprint density at radius 1 is 1.56 bits per heavy atom. The third-order valence-electron chi connectivity index (χ3n) is 2.95. The molecule has 1 atom stereocenters. The summed E-state index contributed by atoms with van der Waals surface area (Å²) in [5.41, 5.74) is -0.119. The molecular formula is C11H13ClN4O2. The topological polar surface area (TPSA) is 71.7 Å². The highest BCUT2D eigenvalue weighted by atomic mass is 35.5. The van der Waals surface area contributed by atoms with E-state index in [1.807, 2.05) is 0 Å². The van der Waals surface area contributed by atoms with Gasteiger partial charge in [-0.1, -0.05) is 11.6 Å². The molecule has 3 heterocycles. The highest BCUT2D eigenvalue weighted by molar-refractivity contribution is 6.30. The van der Waals surface area contributed by atoms with Gasteiger partial charge >= 0.3 is 0 Å². The number of rotatable bonds is 3. The van der Waals surface area contributed by atoms with Crippen molar-refractivity contribution in [3.63, 3.8) is 0 Å². The number of aromatic nitrogens is 3. The lowest BCUT2D eigenvalue weighted by Gasteiger charge is -2.19. The second-order valence-corrected chi connectivity index (χ2v) is 4.90. The molecule has 1 saturated heterocycles. The molecule has 0 aromatic carbocycles. The second-order valence-electron chi connectivity index (χ2n) is 4.47. The summed E-state index contributed by atoms with van der Waals surface area (Å²) >= 11 is 5.87. The molecule has 2 aromatic rings. The molecule has 1 aliphatic heterocycles. The third-order valence-corrected chi connectivity index (χ3v) is 3.18.